The van der Waals surface area contributed by atoms with E-state index in [0.29, 0.717) is 10.7 Å². The highest BCUT2D eigenvalue weighted by molar-refractivity contribution is 7.14. The van der Waals surface area contributed by atoms with Gasteiger partial charge in [-0.15, -0.1) is 11.3 Å². The van der Waals surface area contributed by atoms with Gasteiger partial charge in [-0.25, -0.2) is 4.98 Å². The van der Waals surface area contributed by atoms with Crippen LogP contribution >= 0.6 is 11.3 Å². The highest BCUT2D eigenvalue weighted by Crippen LogP contribution is 2.26. The molecule has 0 unspecified atom stereocenters. The van der Waals surface area contributed by atoms with Crippen molar-refractivity contribution < 1.29 is 9.59 Å². The van der Waals surface area contributed by atoms with E-state index in [1.54, 1.807) is 12.1 Å². The molecular weight excluding hydrogens is 360 g/mol. The van der Waals surface area contributed by atoms with Gasteiger partial charge in [0.1, 0.15) is 0 Å². The molecule has 0 fully saturated rings. The molecule has 3 rings (SSSR count). The number of nitrogens with one attached hydrogen (secondary N) is 2. The van der Waals surface area contributed by atoms with Crippen molar-refractivity contribution in [1.82, 2.24) is 4.98 Å². The summed E-state index contributed by atoms with van der Waals surface area (Å²) in [5, 5.41) is 7.99. The standard InChI is InChI=1S/C20H20N4O2S/c1-13(25)21-16-8-4-14(5-9-16)18-12-27-20(22-18)23-19(26)15-6-10-17(11-7-15)24(2)3/h4-12H,1-3H3,(H,21,25)(H,22,23,26). The van der Waals surface area contributed by atoms with E-state index in [-0.39, 0.29) is 11.8 Å². The van der Waals surface area contributed by atoms with Gasteiger partial charge in [0.05, 0.1) is 5.69 Å². The average molecular weight is 380 g/mol. The van der Waals surface area contributed by atoms with Crippen LogP contribution in [0.4, 0.5) is 16.5 Å². The molecule has 1 heterocycles. The molecule has 3 aromatic rings. The number of rotatable bonds is 5. The van der Waals surface area contributed by atoms with Crippen LogP contribution in [0.3, 0.4) is 0 Å². The highest BCUT2D eigenvalue weighted by Gasteiger charge is 2.10. The molecule has 0 aliphatic heterocycles. The molecule has 27 heavy (non-hydrogen) atoms. The summed E-state index contributed by atoms with van der Waals surface area (Å²) in [6.07, 6.45) is 0. The third-order valence-corrected chi connectivity index (χ3v) is 4.63. The minimum atomic E-state index is -0.192. The fraction of sp³-hybridized carbons (Fsp3) is 0.150. The lowest BCUT2D eigenvalue weighted by Gasteiger charge is -2.12. The molecule has 2 amide bonds. The lowest BCUT2D eigenvalue weighted by Crippen LogP contribution is -2.13. The Bertz CT molecular complexity index is 947. The second-order valence-electron chi connectivity index (χ2n) is 6.19. The number of carbonyl (C=O) groups is 2. The lowest BCUT2D eigenvalue weighted by molar-refractivity contribution is -0.114. The molecule has 0 atom stereocenters. The summed E-state index contributed by atoms with van der Waals surface area (Å²) in [4.78, 5) is 29.9. The molecule has 0 aliphatic rings. The lowest BCUT2D eigenvalue weighted by atomic mass is 10.1. The van der Waals surface area contributed by atoms with E-state index < -0.39 is 0 Å². The van der Waals surface area contributed by atoms with Crippen molar-refractivity contribution >= 4 is 39.7 Å². The van der Waals surface area contributed by atoms with Crippen LogP contribution in [0.25, 0.3) is 11.3 Å². The fourth-order valence-corrected chi connectivity index (χ4v) is 3.19. The van der Waals surface area contributed by atoms with Crippen LogP contribution in [0.15, 0.2) is 53.9 Å². The minimum absolute atomic E-state index is 0.111. The first kappa shape index (κ1) is 18.6. The second-order valence-corrected chi connectivity index (χ2v) is 7.05. The topological polar surface area (TPSA) is 74.3 Å². The van der Waals surface area contributed by atoms with E-state index in [1.807, 2.05) is 60.8 Å². The molecule has 7 heteroatoms. The molecule has 0 saturated carbocycles. The van der Waals surface area contributed by atoms with Gasteiger partial charge in [0.15, 0.2) is 5.13 Å². The Balaban J connectivity index is 1.68. The first-order valence-electron chi connectivity index (χ1n) is 8.34. The fourth-order valence-electron chi connectivity index (χ4n) is 2.47. The molecule has 6 nitrogen and oxygen atoms in total. The maximum Gasteiger partial charge on any atom is 0.257 e. The predicted octanol–water partition coefficient (Wildman–Crippen LogP) is 4.09. The molecule has 0 aliphatic carbocycles. The van der Waals surface area contributed by atoms with Crippen LogP contribution in [-0.4, -0.2) is 30.9 Å². The Morgan fingerprint density at radius 3 is 2.22 bits per heavy atom. The maximum atomic E-state index is 12.4. The number of carbonyl (C=O) groups excluding carboxylic acids is 2. The Kier molecular flexibility index (Phi) is 5.52. The third kappa shape index (κ3) is 4.71. The van der Waals surface area contributed by atoms with Gasteiger partial charge in [-0.3, -0.25) is 14.9 Å². The quantitative estimate of drug-likeness (QED) is 0.699. The van der Waals surface area contributed by atoms with Gasteiger partial charge in [0.25, 0.3) is 5.91 Å². The van der Waals surface area contributed by atoms with Gasteiger partial charge in [-0.1, -0.05) is 12.1 Å². The van der Waals surface area contributed by atoms with Crippen molar-refractivity contribution in [2.24, 2.45) is 0 Å². The second kappa shape index (κ2) is 8.01. The predicted molar refractivity (Wildman–Crippen MR) is 111 cm³/mol. The molecule has 138 valence electrons. The number of benzene rings is 2. The van der Waals surface area contributed by atoms with Crippen molar-refractivity contribution in [2.45, 2.75) is 6.92 Å². The summed E-state index contributed by atoms with van der Waals surface area (Å²) >= 11 is 1.37. The van der Waals surface area contributed by atoms with Gasteiger partial charge < -0.3 is 10.2 Å². The summed E-state index contributed by atoms with van der Waals surface area (Å²) in [5.41, 5.74) is 4.03. The molecule has 0 spiro atoms. The minimum Gasteiger partial charge on any atom is -0.378 e. The van der Waals surface area contributed by atoms with Gasteiger partial charge >= 0.3 is 0 Å². The van der Waals surface area contributed by atoms with E-state index in [2.05, 4.69) is 15.6 Å². The molecule has 1 aromatic heterocycles. The largest absolute Gasteiger partial charge is 0.378 e. The number of hydrogen-bond donors (Lipinski definition) is 2. The number of amides is 2. The zero-order valence-electron chi connectivity index (χ0n) is 15.3. The van der Waals surface area contributed by atoms with Crippen molar-refractivity contribution in [2.75, 3.05) is 29.6 Å². The van der Waals surface area contributed by atoms with Crippen molar-refractivity contribution in [3.63, 3.8) is 0 Å². The van der Waals surface area contributed by atoms with Gasteiger partial charge in [0.2, 0.25) is 5.91 Å². The van der Waals surface area contributed by atoms with Crippen molar-refractivity contribution in [3.8, 4) is 11.3 Å². The Hall–Kier alpha value is -3.19. The zero-order valence-corrected chi connectivity index (χ0v) is 16.1. The average Bonchev–Trinajstić information content (AvgIpc) is 3.10. The number of nitrogens with zero attached hydrogens (tertiary/aromatic N) is 2. The smallest absolute Gasteiger partial charge is 0.257 e. The first-order chi connectivity index (χ1) is 12.9. The molecule has 0 bridgehead atoms. The summed E-state index contributed by atoms with van der Waals surface area (Å²) in [6.45, 7) is 1.47. The molecule has 0 radical (unpaired) electrons. The third-order valence-electron chi connectivity index (χ3n) is 3.87. The van der Waals surface area contributed by atoms with E-state index in [1.165, 1.54) is 18.3 Å². The van der Waals surface area contributed by atoms with Crippen LogP contribution in [0.2, 0.25) is 0 Å². The van der Waals surface area contributed by atoms with Crippen LogP contribution in [0.1, 0.15) is 17.3 Å². The highest BCUT2D eigenvalue weighted by atomic mass is 32.1. The Morgan fingerprint density at radius 1 is 0.963 bits per heavy atom. The van der Waals surface area contributed by atoms with Crippen LogP contribution < -0.4 is 15.5 Å². The zero-order chi connectivity index (χ0) is 19.4. The van der Waals surface area contributed by atoms with Gasteiger partial charge in [-0.2, -0.15) is 0 Å². The summed E-state index contributed by atoms with van der Waals surface area (Å²) in [5.74, 6) is -0.303. The molecule has 2 N–H and O–H groups in total. The number of hydrogen-bond acceptors (Lipinski definition) is 5. The molecule has 0 saturated heterocycles. The summed E-state index contributed by atoms with van der Waals surface area (Å²) < 4.78 is 0. The Labute approximate surface area is 161 Å². The number of thiazole rings is 1. The maximum absolute atomic E-state index is 12.4. The van der Waals surface area contributed by atoms with E-state index in [9.17, 15) is 9.59 Å². The summed E-state index contributed by atoms with van der Waals surface area (Å²) in [6, 6.07) is 14.8. The monoisotopic (exact) mass is 380 g/mol. The molecular formula is C20H20N4O2S. The molecule has 2 aromatic carbocycles. The van der Waals surface area contributed by atoms with Crippen molar-refractivity contribution in [3.05, 3.63) is 59.5 Å². The van der Waals surface area contributed by atoms with E-state index >= 15 is 0 Å². The Morgan fingerprint density at radius 2 is 1.63 bits per heavy atom. The van der Waals surface area contributed by atoms with Gasteiger partial charge in [-0.05, 0) is 36.4 Å². The first-order valence-corrected chi connectivity index (χ1v) is 9.22. The summed E-state index contributed by atoms with van der Waals surface area (Å²) in [7, 11) is 3.91. The van der Waals surface area contributed by atoms with Crippen LogP contribution in [0.5, 0.6) is 0 Å². The van der Waals surface area contributed by atoms with Crippen molar-refractivity contribution in [1.29, 1.82) is 0 Å². The normalized spacial score (nSPS) is 10.3. The number of aromatic nitrogens is 1. The van der Waals surface area contributed by atoms with Crippen LogP contribution in [0, 0.1) is 0 Å². The van der Waals surface area contributed by atoms with E-state index in [0.717, 1.165) is 22.6 Å². The SMILES string of the molecule is CC(=O)Nc1ccc(-c2csc(NC(=O)c3ccc(N(C)C)cc3)n2)cc1. The van der Waals surface area contributed by atoms with Gasteiger partial charge in [0, 0.05) is 48.9 Å². The van der Waals surface area contributed by atoms with E-state index in [4.69, 9.17) is 0 Å². The van der Waals surface area contributed by atoms with Crippen LogP contribution in [-0.2, 0) is 4.79 Å². The number of anilines is 3.